The number of halogens is 1. The van der Waals surface area contributed by atoms with E-state index in [4.69, 9.17) is 4.74 Å². The molecule has 23 heavy (non-hydrogen) atoms. The van der Waals surface area contributed by atoms with Gasteiger partial charge >= 0.3 is 5.97 Å². The lowest BCUT2D eigenvalue weighted by molar-refractivity contribution is 0.0520. The minimum absolute atomic E-state index is 0.238. The van der Waals surface area contributed by atoms with Crippen molar-refractivity contribution in [3.8, 4) is 16.8 Å². The van der Waals surface area contributed by atoms with Crippen molar-refractivity contribution in [2.45, 2.75) is 6.92 Å². The largest absolute Gasteiger partial charge is 0.461 e. The third-order valence-electron chi connectivity index (χ3n) is 3.36. The molecule has 0 saturated heterocycles. The number of carbonyl (C=O) groups excluding carboxylic acids is 1. The van der Waals surface area contributed by atoms with Gasteiger partial charge in [0.25, 0.3) is 0 Å². The number of benzene rings is 2. The zero-order valence-electron chi connectivity index (χ0n) is 12.6. The molecule has 1 heterocycles. The number of nitrogens with zero attached hydrogens (tertiary/aromatic N) is 2. The second kappa shape index (κ2) is 6.44. The molecule has 5 heteroatoms. The second-order valence-corrected chi connectivity index (χ2v) is 4.90. The zero-order valence-corrected chi connectivity index (χ0v) is 12.6. The van der Waals surface area contributed by atoms with Crippen molar-refractivity contribution >= 4 is 5.97 Å². The zero-order chi connectivity index (χ0) is 16.2. The summed E-state index contributed by atoms with van der Waals surface area (Å²) in [6, 6.07) is 15.4. The molecule has 1 aromatic heterocycles. The molecule has 4 nitrogen and oxygen atoms in total. The van der Waals surface area contributed by atoms with E-state index in [9.17, 15) is 9.18 Å². The smallest absolute Gasteiger partial charge is 0.359 e. The molecule has 3 aromatic rings. The van der Waals surface area contributed by atoms with Gasteiger partial charge in [-0.3, -0.25) is 0 Å². The van der Waals surface area contributed by atoms with Crippen LogP contribution in [0.2, 0.25) is 0 Å². The molecule has 0 fully saturated rings. The Morgan fingerprint density at radius 1 is 1.13 bits per heavy atom. The molecule has 0 atom stereocenters. The molecule has 0 aliphatic heterocycles. The van der Waals surface area contributed by atoms with Gasteiger partial charge in [0, 0.05) is 11.8 Å². The normalized spacial score (nSPS) is 10.5. The molecular formula is C18H15FN2O2. The molecule has 0 amide bonds. The summed E-state index contributed by atoms with van der Waals surface area (Å²) in [5, 5.41) is 4.32. The highest BCUT2D eigenvalue weighted by Gasteiger charge is 2.19. The number of hydrogen-bond donors (Lipinski definition) is 0. The minimum Gasteiger partial charge on any atom is -0.461 e. The van der Waals surface area contributed by atoms with Gasteiger partial charge in [-0.2, -0.15) is 5.10 Å². The highest BCUT2D eigenvalue weighted by molar-refractivity contribution is 5.95. The first-order valence-electron chi connectivity index (χ1n) is 7.27. The Bertz CT molecular complexity index is 811. The van der Waals surface area contributed by atoms with Crippen LogP contribution in [0.4, 0.5) is 4.39 Å². The molecule has 0 aliphatic rings. The fourth-order valence-corrected chi connectivity index (χ4v) is 2.28. The first-order chi connectivity index (χ1) is 11.2. The monoisotopic (exact) mass is 310 g/mol. The van der Waals surface area contributed by atoms with E-state index in [0.717, 1.165) is 5.56 Å². The predicted molar refractivity (Wildman–Crippen MR) is 84.9 cm³/mol. The lowest BCUT2D eigenvalue weighted by atomic mass is 10.1. The molecule has 116 valence electrons. The van der Waals surface area contributed by atoms with Crippen LogP contribution in [-0.4, -0.2) is 22.4 Å². The van der Waals surface area contributed by atoms with Crippen molar-refractivity contribution in [3.63, 3.8) is 0 Å². The number of hydrogen-bond acceptors (Lipinski definition) is 3. The molecule has 0 saturated carbocycles. The SMILES string of the molecule is CCOC(=O)c1nn(-c2ccc(F)cc2)cc1-c1ccccc1. The standard InChI is InChI=1S/C18H15FN2O2/c1-2-23-18(22)17-16(13-6-4-3-5-7-13)12-21(20-17)15-10-8-14(19)9-11-15/h3-12H,2H2,1H3. The first kappa shape index (κ1) is 15.0. The van der Waals surface area contributed by atoms with E-state index in [1.165, 1.54) is 12.1 Å². The number of ether oxygens (including phenoxy) is 1. The van der Waals surface area contributed by atoms with E-state index in [2.05, 4.69) is 5.10 Å². The van der Waals surface area contributed by atoms with Crippen LogP contribution >= 0.6 is 0 Å². The van der Waals surface area contributed by atoms with Crippen molar-refractivity contribution in [2.24, 2.45) is 0 Å². The average molecular weight is 310 g/mol. The molecule has 0 spiro atoms. The number of carbonyl (C=O) groups is 1. The number of rotatable bonds is 4. The van der Waals surface area contributed by atoms with E-state index < -0.39 is 5.97 Å². The fourth-order valence-electron chi connectivity index (χ4n) is 2.28. The molecular weight excluding hydrogens is 295 g/mol. The van der Waals surface area contributed by atoms with Gasteiger partial charge in [0.1, 0.15) is 5.82 Å². The van der Waals surface area contributed by atoms with Crippen LogP contribution in [0.1, 0.15) is 17.4 Å². The Hall–Kier alpha value is -2.95. The van der Waals surface area contributed by atoms with Crippen LogP contribution in [0.25, 0.3) is 16.8 Å². The van der Waals surface area contributed by atoms with Gasteiger partial charge < -0.3 is 4.74 Å². The van der Waals surface area contributed by atoms with Crippen LogP contribution in [-0.2, 0) is 4.74 Å². The fraction of sp³-hybridized carbons (Fsp3) is 0.111. The highest BCUT2D eigenvalue weighted by atomic mass is 19.1. The molecule has 0 aliphatic carbocycles. The van der Waals surface area contributed by atoms with Gasteiger partial charge in [0.15, 0.2) is 5.69 Å². The summed E-state index contributed by atoms with van der Waals surface area (Å²) in [5.41, 5.74) is 2.44. The van der Waals surface area contributed by atoms with E-state index in [0.29, 0.717) is 11.3 Å². The number of aromatic nitrogens is 2. The second-order valence-electron chi connectivity index (χ2n) is 4.90. The maximum atomic E-state index is 13.1. The van der Waals surface area contributed by atoms with Crippen molar-refractivity contribution in [1.82, 2.24) is 9.78 Å². The molecule has 0 N–H and O–H groups in total. The van der Waals surface area contributed by atoms with E-state index >= 15 is 0 Å². The van der Waals surface area contributed by atoms with Crippen LogP contribution in [0.5, 0.6) is 0 Å². The average Bonchev–Trinajstić information content (AvgIpc) is 3.02. The first-order valence-corrected chi connectivity index (χ1v) is 7.27. The molecule has 0 unspecified atom stereocenters. The third kappa shape index (κ3) is 3.13. The van der Waals surface area contributed by atoms with Crippen LogP contribution < -0.4 is 0 Å². The van der Waals surface area contributed by atoms with Gasteiger partial charge in [0.05, 0.1) is 12.3 Å². The Morgan fingerprint density at radius 2 is 1.83 bits per heavy atom. The van der Waals surface area contributed by atoms with Crippen molar-refractivity contribution < 1.29 is 13.9 Å². The predicted octanol–water partition coefficient (Wildman–Crippen LogP) is 3.86. The summed E-state index contributed by atoms with van der Waals surface area (Å²) >= 11 is 0. The Kier molecular flexibility index (Phi) is 4.19. The van der Waals surface area contributed by atoms with Crippen molar-refractivity contribution in [1.29, 1.82) is 0 Å². The van der Waals surface area contributed by atoms with Gasteiger partial charge in [-0.1, -0.05) is 30.3 Å². The summed E-state index contributed by atoms with van der Waals surface area (Å²) in [7, 11) is 0. The maximum absolute atomic E-state index is 13.1. The van der Waals surface area contributed by atoms with E-state index in [-0.39, 0.29) is 18.1 Å². The summed E-state index contributed by atoms with van der Waals surface area (Å²) in [6.45, 7) is 2.02. The topological polar surface area (TPSA) is 44.1 Å². The Morgan fingerprint density at radius 3 is 2.48 bits per heavy atom. The van der Waals surface area contributed by atoms with Crippen LogP contribution in [0, 0.1) is 5.82 Å². The van der Waals surface area contributed by atoms with Crippen LogP contribution in [0.3, 0.4) is 0 Å². The van der Waals surface area contributed by atoms with Crippen molar-refractivity contribution in [2.75, 3.05) is 6.61 Å². The maximum Gasteiger partial charge on any atom is 0.359 e. The van der Waals surface area contributed by atoms with Crippen molar-refractivity contribution in [3.05, 3.63) is 72.3 Å². The summed E-state index contributed by atoms with van der Waals surface area (Å²) < 4.78 is 19.7. The van der Waals surface area contributed by atoms with Crippen LogP contribution in [0.15, 0.2) is 60.8 Å². The Labute approximate surface area is 133 Å². The summed E-state index contributed by atoms with van der Waals surface area (Å²) in [4.78, 5) is 12.2. The van der Waals surface area contributed by atoms with E-state index in [1.54, 1.807) is 29.9 Å². The van der Waals surface area contributed by atoms with Gasteiger partial charge in [-0.25, -0.2) is 13.9 Å². The quantitative estimate of drug-likeness (QED) is 0.687. The lowest BCUT2D eigenvalue weighted by Crippen LogP contribution is -2.07. The highest BCUT2D eigenvalue weighted by Crippen LogP contribution is 2.25. The van der Waals surface area contributed by atoms with Gasteiger partial charge in [0.2, 0.25) is 0 Å². The lowest BCUT2D eigenvalue weighted by Gasteiger charge is -2.01. The molecule has 2 aromatic carbocycles. The molecule has 0 radical (unpaired) electrons. The van der Waals surface area contributed by atoms with Gasteiger partial charge in [-0.15, -0.1) is 0 Å². The summed E-state index contributed by atoms with van der Waals surface area (Å²) in [5.74, 6) is -0.804. The summed E-state index contributed by atoms with van der Waals surface area (Å²) in [6.07, 6.45) is 1.74. The molecule has 3 rings (SSSR count). The third-order valence-corrected chi connectivity index (χ3v) is 3.36. The number of esters is 1. The molecule has 0 bridgehead atoms. The Balaban J connectivity index is 2.10. The minimum atomic E-state index is -0.479. The van der Waals surface area contributed by atoms with E-state index in [1.807, 2.05) is 30.3 Å². The van der Waals surface area contributed by atoms with Gasteiger partial charge in [-0.05, 0) is 36.8 Å².